The zero-order valence-corrected chi connectivity index (χ0v) is 11.3. The Hall–Kier alpha value is -1.77. The van der Waals surface area contributed by atoms with Gasteiger partial charge >= 0.3 is 0 Å². The van der Waals surface area contributed by atoms with Crippen LogP contribution in [-0.2, 0) is 4.74 Å². The van der Waals surface area contributed by atoms with Gasteiger partial charge in [0, 0.05) is 13.1 Å². The van der Waals surface area contributed by atoms with Crippen LogP contribution in [0.2, 0.25) is 0 Å². The minimum absolute atomic E-state index is 0.274. The fraction of sp³-hybridized carbons (Fsp3) is 0.500. The standard InChI is InChI=1S/C14H18N2O3/c1-17-13-4-3-11(9-14(13)18-2)12(10-15)16-5-7-19-8-6-16/h3-4,9,12H,5-8H2,1-2H3/t12-/m1/s1. The second-order valence-electron chi connectivity index (χ2n) is 4.29. The summed E-state index contributed by atoms with van der Waals surface area (Å²) in [5, 5.41) is 9.42. The van der Waals surface area contributed by atoms with Crippen LogP contribution in [0.25, 0.3) is 0 Å². The molecule has 1 aromatic carbocycles. The third-order valence-electron chi connectivity index (χ3n) is 3.26. The second kappa shape index (κ2) is 6.41. The van der Waals surface area contributed by atoms with Crippen molar-refractivity contribution in [2.45, 2.75) is 6.04 Å². The van der Waals surface area contributed by atoms with E-state index in [1.165, 1.54) is 0 Å². The molecule has 0 amide bonds. The van der Waals surface area contributed by atoms with Gasteiger partial charge < -0.3 is 14.2 Å². The summed E-state index contributed by atoms with van der Waals surface area (Å²) in [5.41, 5.74) is 0.919. The van der Waals surface area contributed by atoms with Gasteiger partial charge in [-0.25, -0.2) is 0 Å². The molecule has 1 aromatic rings. The van der Waals surface area contributed by atoms with Crippen LogP contribution in [0, 0.1) is 11.3 Å². The van der Waals surface area contributed by atoms with E-state index in [2.05, 4.69) is 11.0 Å². The molecule has 19 heavy (non-hydrogen) atoms. The van der Waals surface area contributed by atoms with Gasteiger partial charge in [-0.2, -0.15) is 5.26 Å². The van der Waals surface area contributed by atoms with Gasteiger partial charge in [0.25, 0.3) is 0 Å². The lowest BCUT2D eigenvalue weighted by atomic mass is 10.1. The third-order valence-corrected chi connectivity index (χ3v) is 3.26. The molecule has 5 heteroatoms. The molecule has 1 atom stereocenters. The highest BCUT2D eigenvalue weighted by atomic mass is 16.5. The minimum Gasteiger partial charge on any atom is -0.493 e. The maximum absolute atomic E-state index is 9.42. The fourth-order valence-electron chi connectivity index (χ4n) is 2.23. The van der Waals surface area contributed by atoms with Gasteiger partial charge in [-0.1, -0.05) is 6.07 Å². The van der Waals surface area contributed by atoms with Crippen LogP contribution >= 0.6 is 0 Å². The Bertz CT molecular complexity index is 464. The Kier molecular flexibility index (Phi) is 4.61. The lowest BCUT2D eigenvalue weighted by molar-refractivity contribution is 0.0266. The first-order chi connectivity index (χ1) is 9.30. The summed E-state index contributed by atoms with van der Waals surface area (Å²) in [7, 11) is 3.19. The van der Waals surface area contributed by atoms with Crippen molar-refractivity contribution in [3.05, 3.63) is 23.8 Å². The van der Waals surface area contributed by atoms with E-state index in [1.807, 2.05) is 18.2 Å². The molecule has 0 aliphatic carbocycles. The van der Waals surface area contributed by atoms with E-state index in [1.54, 1.807) is 14.2 Å². The zero-order valence-electron chi connectivity index (χ0n) is 11.3. The van der Waals surface area contributed by atoms with Crippen molar-refractivity contribution in [3.8, 4) is 17.6 Å². The maximum Gasteiger partial charge on any atom is 0.161 e. The van der Waals surface area contributed by atoms with E-state index in [0.717, 1.165) is 18.7 Å². The smallest absolute Gasteiger partial charge is 0.161 e. The average molecular weight is 262 g/mol. The largest absolute Gasteiger partial charge is 0.493 e. The second-order valence-corrected chi connectivity index (χ2v) is 4.29. The van der Waals surface area contributed by atoms with E-state index < -0.39 is 0 Å². The lowest BCUT2D eigenvalue weighted by Gasteiger charge is -2.30. The highest BCUT2D eigenvalue weighted by Crippen LogP contribution is 2.31. The van der Waals surface area contributed by atoms with Gasteiger partial charge in [0.15, 0.2) is 11.5 Å². The molecular weight excluding hydrogens is 244 g/mol. The Morgan fingerprint density at radius 1 is 1.21 bits per heavy atom. The van der Waals surface area contributed by atoms with Crippen molar-refractivity contribution >= 4 is 0 Å². The van der Waals surface area contributed by atoms with Crippen LogP contribution in [0.4, 0.5) is 0 Å². The van der Waals surface area contributed by atoms with Gasteiger partial charge in [-0.3, -0.25) is 4.90 Å². The Morgan fingerprint density at radius 3 is 2.47 bits per heavy atom. The molecule has 0 unspecified atom stereocenters. The monoisotopic (exact) mass is 262 g/mol. The predicted molar refractivity (Wildman–Crippen MR) is 70.3 cm³/mol. The number of hydrogen-bond acceptors (Lipinski definition) is 5. The van der Waals surface area contributed by atoms with Crippen LogP contribution in [0.1, 0.15) is 11.6 Å². The van der Waals surface area contributed by atoms with Crippen LogP contribution in [0.5, 0.6) is 11.5 Å². The Morgan fingerprint density at radius 2 is 1.89 bits per heavy atom. The highest BCUT2D eigenvalue weighted by Gasteiger charge is 2.23. The summed E-state index contributed by atoms with van der Waals surface area (Å²) in [6.45, 7) is 2.89. The molecule has 1 saturated heterocycles. The summed E-state index contributed by atoms with van der Waals surface area (Å²) in [6.07, 6.45) is 0. The van der Waals surface area contributed by atoms with Crippen molar-refractivity contribution < 1.29 is 14.2 Å². The molecule has 1 aliphatic heterocycles. The molecule has 0 spiro atoms. The molecule has 102 valence electrons. The van der Waals surface area contributed by atoms with E-state index in [9.17, 15) is 5.26 Å². The Labute approximate surface area is 113 Å². The van der Waals surface area contributed by atoms with Crippen LogP contribution in [0.3, 0.4) is 0 Å². The van der Waals surface area contributed by atoms with E-state index >= 15 is 0 Å². The number of hydrogen-bond donors (Lipinski definition) is 0. The van der Waals surface area contributed by atoms with Crippen LogP contribution in [0.15, 0.2) is 18.2 Å². The zero-order chi connectivity index (χ0) is 13.7. The number of nitriles is 1. The molecular formula is C14H18N2O3. The van der Waals surface area contributed by atoms with Crippen molar-refractivity contribution in [3.63, 3.8) is 0 Å². The summed E-state index contributed by atoms with van der Waals surface area (Å²) >= 11 is 0. The molecule has 2 rings (SSSR count). The van der Waals surface area contributed by atoms with Gasteiger partial charge in [0.05, 0.1) is 33.5 Å². The molecule has 1 fully saturated rings. The van der Waals surface area contributed by atoms with Crippen LogP contribution < -0.4 is 9.47 Å². The first kappa shape index (κ1) is 13.7. The maximum atomic E-state index is 9.42. The van der Waals surface area contributed by atoms with Gasteiger partial charge in [0.2, 0.25) is 0 Å². The number of morpholine rings is 1. The number of nitrogens with zero attached hydrogens (tertiary/aromatic N) is 2. The van der Waals surface area contributed by atoms with E-state index in [4.69, 9.17) is 14.2 Å². The van der Waals surface area contributed by atoms with Gasteiger partial charge in [-0.15, -0.1) is 0 Å². The molecule has 0 radical (unpaired) electrons. The quantitative estimate of drug-likeness (QED) is 0.825. The van der Waals surface area contributed by atoms with Crippen molar-refractivity contribution in [1.29, 1.82) is 5.26 Å². The van der Waals surface area contributed by atoms with E-state index in [-0.39, 0.29) is 6.04 Å². The third kappa shape index (κ3) is 2.98. The van der Waals surface area contributed by atoms with Crippen molar-refractivity contribution in [2.24, 2.45) is 0 Å². The highest BCUT2D eigenvalue weighted by molar-refractivity contribution is 5.44. The summed E-state index contributed by atoms with van der Waals surface area (Å²) in [5.74, 6) is 1.32. The SMILES string of the molecule is COc1ccc([C@@H](C#N)N2CCOCC2)cc1OC. The normalized spacial score (nSPS) is 17.5. The average Bonchev–Trinajstić information content (AvgIpc) is 2.49. The molecule has 0 saturated carbocycles. The summed E-state index contributed by atoms with van der Waals surface area (Å²) < 4.78 is 15.8. The molecule has 0 bridgehead atoms. The van der Waals surface area contributed by atoms with Crippen LogP contribution in [-0.4, -0.2) is 45.4 Å². The topological polar surface area (TPSA) is 54.7 Å². The molecule has 0 aromatic heterocycles. The van der Waals surface area contributed by atoms with E-state index in [0.29, 0.717) is 24.7 Å². The lowest BCUT2D eigenvalue weighted by Crippen LogP contribution is -2.38. The molecule has 0 N–H and O–H groups in total. The summed E-state index contributed by atoms with van der Waals surface area (Å²) in [4.78, 5) is 2.12. The van der Waals surface area contributed by atoms with Gasteiger partial charge in [0.1, 0.15) is 6.04 Å². The number of benzene rings is 1. The Balaban J connectivity index is 2.25. The fourth-order valence-corrected chi connectivity index (χ4v) is 2.23. The van der Waals surface area contributed by atoms with Gasteiger partial charge in [-0.05, 0) is 17.7 Å². The molecule has 1 heterocycles. The van der Waals surface area contributed by atoms with Crippen molar-refractivity contribution in [1.82, 2.24) is 4.90 Å². The summed E-state index contributed by atoms with van der Waals surface area (Å²) in [6, 6.07) is 7.68. The molecule has 1 aliphatic rings. The predicted octanol–water partition coefficient (Wildman–Crippen LogP) is 1.60. The first-order valence-electron chi connectivity index (χ1n) is 6.23. The number of ether oxygens (including phenoxy) is 3. The van der Waals surface area contributed by atoms with Crippen molar-refractivity contribution in [2.75, 3.05) is 40.5 Å². The number of methoxy groups -OCH3 is 2. The first-order valence-corrected chi connectivity index (χ1v) is 6.23. The number of rotatable bonds is 4. The molecule has 5 nitrogen and oxygen atoms in total. The minimum atomic E-state index is -0.274.